The second-order valence-electron chi connectivity index (χ2n) is 8.61. The number of carbonyl (C=O) groups is 1. The summed E-state index contributed by atoms with van der Waals surface area (Å²) in [7, 11) is 0. The summed E-state index contributed by atoms with van der Waals surface area (Å²) < 4.78 is 7.82. The van der Waals surface area contributed by atoms with E-state index in [-0.39, 0.29) is 11.2 Å². The summed E-state index contributed by atoms with van der Waals surface area (Å²) in [6, 6.07) is 22.1. The van der Waals surface area contributed by atoms with Crippen molar-refractivity contribution in [1.29, 1.82) is 0 Å². The Bertz CT molecular complexity index is 1230. The number of rotatable bonds is 7. The first kappa shape index (κ1) is 22.5. The molecule has 0 bridgehead atoms. The normalized spacial score (nSPS) is 15.2. The van der Waals surface area contributed by atoms with Crippen LogP contribution in [0.4, 0.5) is 5.69 Å². The van der Waals surface area contributed by atoms with Gasteiger partial charge < -0.3 is 9.73 Å². The van der Waals surface area contributed by atoms with Gasteiger partial charge in [-0.25, -0.2) is 0 Å². The zero-order chi connectivity index (χ0) is 23.3. The van der Waals surface area contributed by atoms with Crippen LogP contribution in [-0.2, 0) is 4.79 Å². The van der Waals surface area contributed by atoms with E-state index in [1.54, 1.807) is 6.26 Å². The molecular formula is C27H28N4O2S. The number of carbonyl (C=O) groups excluding carboxylic acids is 1. The lowest BCUT2D eigenvalue weighted by Crippen LogP contribution is -2.24. The summed E-state index contributed by atoms with van der Waals surface area (Å²) in [6.45, 7) is 1.91. The molecule has 174 valence electrons. The van der Waals surface area contributed by atoms with Crippen LogP contribution in [0.1, 0.15) is 45.1 Å². The van der Waals surface area contributed by atoms with Gasteiger partial charge in [0, 0.05) is 17.3 Å². The summed E-state index contributed by atoms with van der Waals surface area (Å²) >= 11 is 1.45. The predicted octanol–water partition coefficient (Wildman–Crippen LogP) is 6.83. The predicted molar refractivity (Wildman–Crippen MR) is 136 cm³/mol. The third kappa shape index (κ3) is 4.80. The van der Waals surface area contributed by atoms with Crippen molar-refractivity contribution in [1.82, 2.24) is 14.8 Å². The number of aromatic nitrogens is 3. The number of para-hydroxylation sites is 1. The molecule has 0 spiro atoms. The van der Waals surface area contributed by atoms with E-state index in [0.29, 0.717) is 11.8 Å². The molecule has 2 heterocycles. The maximum absolute atomic E-state index is 13.2. The Hall–Kier alpha value is -3.32. The number of amides is 1. The van der Waals surface area contributed by atoms with Crippen molar-refractivity contribution < 1.29 is 9.21 Å². The standard InChI is InChI=1S/C27H28N4O2S/c1-19(26(32)28-23-16-9-8-15-22(23)20-11-4-2-5-12-20)34-27-30-29-25(24-17-10-18-33-24)31(27)21-13-6-3-7-14-21/h2,4-5,8-12,15-19,21H,3,6-7,13-14H2,1H3,(H,28,32)/t19-/m1/s1. The van der Waals surface area contributed by atoms with E-state index in [4.69, 9.17) is 4.42 Å². The summed E-state index contributed by atoms with van der Waals surface area (Å²) in [5, 5.41) is 12.5. The summed E-state index contributed by atoms with van der Waals surface area (Å²) in [5.74, 6) is 1.38. The number of benzene rings is 2. The maximum Gasteiger partial charge on any atom is 0.237 e. The lowest BCUT2D eigenvalue weighted by molar-refractivity contribution is -0.115. The number of hydrogen-bond acceptors (Lipinski definition) is 5. The lowest BCUT2D eigenvalue weighted by Gasteiger charge is -2.25. The molecule has 1 amide bonds. The van der Waals surface area contributed by atoms with Crippen molar-refractivity contribution >= 4 is 23.4 Å². The first-order chi connectivity index (χ1) is 16.7. The van der Waals surface area contributed by atoms with E-state index in [2.05, 4.69) is 20.1 Å². The van der Waals surface area contributed by atoms with Crippen LogP contribution in [0.15, 0.2) is 82.6 Å². The largest absolute Gasteiger partial charge is 0.461 e. The van der Waals surface area contributed by atoms with Crippen molar-refractivity contribution in [3.63, 3.8) is 0 Å². The number of furan rings is 1. The molecule has 1 saturated carbocycles. The molecule has 1 aliphatic rings. The van der Waals surface area contributed by atoms with E-state index in [1.165, 1.54) is 31.0 Å². The van der Waals surface area contributed by atoms with Crippen LogP contribution in [0.5, 0.6) is 0 Å². The van der Waals surface area contributed by atoms with Crippen LogP contribution >= 0.6 is 11.8 Å². The van der Waals surface area contributed by atoms with Gasteiger partial charge in [0.25, 0.3) is 0 Å². The van der Waals surface area contributed by atoms with Gasteiger partial charge in [0.1, 0.15) is 0 Å². The number of nitrogens with zero attached hydrogens (tertiary/aromatic N) is 3. The van der Waals surface area contributed by atoms with Crippen LogP contribution < -0.4 is 5.32 Å². The molecule has 7 heteroatoms. The maximum atomic E-state index is 13.2. The molecule has 1 fully saturated rings. The molecular weight excluding hydrogens is 444 g/mol. The Kier molecular flexibility index (Phi) is 6.81. The molecule has 0 aliphatic heterocycles. The molecule has 1 N–H and O–H groups in total. The highest BCUT2D eigenvalue weighted by molar-refractivity contribution is 8.00. The van der Waals surface area contributed by atoms with Crippen molar-refractivity contribution in [2.24, 2.45) is 0 Å². The minimum Gasteiger partial charge on any atom is -0.461 e. The van der Waals surface area contributed by atoms with Gasteiger partial charge in [-0.05, 0) is 43.5 Å². The van der Waals surface area contributed by atoms with Crippen molar-refractivity contribution in [3.8, 4) is 22.7 Å². The lowest BCUT2D eigenvalue weighted by atomic mass is 9.95. The average molecular weight is 473 g/mol. The van der Waals surface area contributed by atoms with Gasteiger partial charge in [-0.1, -0.05) is 79.6 Å². The van der Waals surface area contributed by atoms with E-state index in [1.807, 2.05) is 73.7 Å². The smallest absolute Gasteiger partial charge is 0.237 e. The summed E-state index contributed by atoms with van der Waals surface area (Å²) in [4.78, 5) is 13.2. The Morgan fingerprint density at radius 2 is 1.76 bits per heavy atom. The number of nitrogens with one attached hydrogen (secondary N) is 1. The van der Waals surface area contributed by atoms with Gasteiger partial charge in [0.15, 0.2) is 10.9 Å². The Morgan fingerprint density at radius 1 is 1.00 bits per heavy atom. The molecule has 4 aromatic rings. The molecule has 34 heavy (non-hydrogen) atoms. The van der Waals surface area contributed by atoms with Crippen molar-refractivity contribution in [2.45, 2.75) is 55.5 Å². The molecule has 2 aromatic heterocycles. The fraction of sp³-hybridized carbons (Fsp3) is 0.296. The minimum atomic E-state index is -0.347. The Morgan fingerprint density at radius 3 is 2.53 bits per heavy atom. The van der Waals surface area contributed by atoms with Gasteiger partial charge in [0.05, 0.1) is 11.5 Å². The van der Waals surface area contributed by atoms with E-state index >= 15 is 0 Å². The molecule has 0 radical (unpaired) electrons. The minimum absolute atomic E-state index is 0.0638. The van der Waals surface area contributed by atoms with Crippen molar-refractivity contribution in [2.75, 3.05) is 5.32 Å². The zero-order valence-electron chi connectivity index (χ0n) is 19.2. The van der Waals surface area contributed by atoms with Crippen molar-refractivity contribution in [3.05, 3.63) is 73.0 Å². The Balaban J connectivity index is 1.37. The number of thioether (sulfide) groups is 1. The molecule has 5 rings (SSSR count). The van der Waals surface area contributed by atoms with Gasteiger partial charge in [0.2, 0.25) is 11.7 Å². The number of hydrogen-bond donors (Lipinski definition) is 1. The van der Waals surface area contributed by atoms with Crippen LogP contribution in [-0.4, -0.2) is 25.9 Å². The second kappa shape index (κ2) is 10.3. The van der Waals surface area contributed by atoms with Gasteiger partial charge in [-0.3, -0.25) is 9.36 Å². The quantitative estimate of drug-likeness (QED) is 0.298. The first-order valence-electron chi connectivity index (χ1n) is 11.8. The average Bonchev–Trinajstić information content (AvgIpc) is 3.55. The Labute approximate surface area is 203 Å². The van der Waals surface area contributed by atoms with E-state index in [0.717, 1.165) is 40.6 Å². The van der Waals surface area contributed by atoms with Gasteiger partial charge in [-0.15, -0.1) is 10.2 Å². The first-order valence-corrected chi connectivity index (χ1v) is 12.7. The highest BCUT2D eigenvalue weighted by atomic mass is 32.2. The monoisotopic (exact) mass is 472 g/mol. The SMILES string of the molecule is C[C@@H](Sc1nnc(-c2ccco2)n1C1CCCCC1)C(=O)Nc1ccccc1-c1ccccc1. The molecule has 6 nitrogen and oxygen atoms in total. The third-order valence-electron chi connectivity index (χ3n) is 6.27. The fourth-order valence-electron chi connectivity index (χ4n) is 4.51. The van der Waals surface area contributed by atoms with Gasteiger partial charge >= 0.3 is 0 Å². The summed E-state index contributed by atoms with van der Waals surface area (Å²) in [6.07, 6.45) is 7.47. The fourth-order valence-corrected chi connectivity index (χ4v) is 5.43. The number of anilines is 1. The molecule has 0 saturated heterocycles. The highest BCUT2D eigenvalue weighted by Gasteiger charge is 2.27. The van der Waals surface area contributed by atoms with Gasteiger partial charge in [-0.2, -0.15) is 0 Å². The van der Waals surface area contributed by atoms with E-state index < -0.39 is 0 Å². The topological polar surface area (TPSA) is 73.0 Å². The van der Waals surface area contributed by atoms with E-state index in [9.17, 15) is 4.79 Å². The molecule has 0 unspecified atom stereocenters. The van der Waals surface area contributed by atoms with Crippen LogP contribution in [0, 0.1) is 0 Å². The highest BCUT2D eigenvalue weighted by Crippen LogP contribution is 2.37. The molecule has 2 aromatic carbocycles. The van der Waals surface area contributed by atoms with Crippen LogP contribution in [0.3, 0.4) is 0 Å². The molecule has 1 atom stereocenters. The second-order valence-corrected chi connectivity index (χ2v) is 9.91. The van der Waals surface area contributed by atoms with Crippen LogP contribution in [0.25, 0.3) is 22.7 Å². The summed E-state index contributed by atoms with van der Waals surface area (Å²) in [5.41, 5.74) is 2.87. The molecule has 1 aliphatic carbocycles. The van der Waals surface area contributed by atoms with Crippen LogP contribution in [0.2, 0.25) is 0 Å². The third-order valence-corrected chi connectivity index (χ3v) is 7.32. The zero-order valence-corrected chi connectivity index (χ0v) is 20.0.